The molecular weight excluding hydrogens is 239 g/mol. The van der Waals surface area contributed by atoms with Crippen molar-refractivity contribution in [3.63, 3.8) is 0 Å². The number of carboxylic acids is 1. The number of carbonyl (C=O) groups is 2. The molecule has 0 aromatic heterocycles. The first-order valence-corrected chi connectivity index (χ1v) is 6.19. The van der Waals surface area contributed by atoms with Gasteiger partial charge in [-0.15, -0.1) is 0 Å². The summed E-state index contributed by atoms with van der Waals surface area (Å²) in [6, 6.07) is -0.986. The van der Waals surface area contributed by atoms with Crippen molar-refractivity contribution >= 4 is 11.9 Å². The number of piperidine rings is 1. The number of amides is 1. The lowest BCUT2D eigenvalue weighted by atomic mass is 9.91. The van der Waals surface area contributed by atoms with Gasteiger partial charge < -0.3 is 15.3 Å². The summed E-state index contributed by atoms with van der Waals surface area (Å²) in [4.78, 5) is 24.3. The first kappa shape index (κ1) is 14.9. The molecule has 0 bridgehead atoms. The standard InChI is InChI=1S/C12H21FN2O3/c1-8(2)9(10(16)17)15(3)11(18)12(13)4-6-14-7-5-12/h8-9,14H,4-7H2,1-3H3,(H,16,17)/t9-/m0/s1. The quantitative estimate of drug-likeness (QED) is 0.778. The summed E-state index contributed by atoms with van der Waals surface area (Å²) in [6.07, 6.45) is 0.196. The Morgan fingerprint density at radius 1 is 1.33 bits per heavy atom. The Kier molecular flexibility index (Phi) is 4.67. The van der Waals surface area contributed by atoms with Gasteiger partial charge in [-0.1, -0.05) is 13.8 Å². The SMILES string of the molecule is CC(C)[C@@H](C(=O)O)N(C)C(=O)C1(F)CCNCC1. The molecule has 1 atom stereocenters. The number of hydrogen-bond acceptors (Lipinski definition) is 3. The molecule has 0 aromatic carbocycles. The molecule has 18 heavy (non-hydrogen) atoms. The molecule has 1 rings (SSSR count). The maximum atomic E-state index is 14.5. The molecule has 0 aliphatic carbocycles. The summed E-state index contributed by atoms with van der Waals surface area (Å²) < 4.78 is 14.5. The number of carbonyl (C=O) groups excluding carboxylic acids is 1. The number of carboxylic acid groups (broad SMARTS) is 1. The highest BCUT2D eigenvalue weighted by Gasteiger charge is 2.44. The fourth-order valence-corrected chi connectivity index (χ4v) is 2.38. The van der Waals surface area contributed by atoms with E-state index in [1.54, 1.807) is 13.8 Å². The van der Waals surface area contributed by atoms with Gasteiger partial charge in [-0.2, -0.15) is 0 Å². The normalized spacial score (nSPS) is 20.5. The van der Waals surface area contributed by atoms with Crippen LogP contribution in [0, 0.1) is 5.92 Å². The Morgan fingerprint density at radius 2 is 1.83 bits per heavy atom. The molecule has 0 aromatic rings. The van der Waals surface area contributed by atoms with Crippen LogP contribution in [0.2, 0.25) is 0 Å². The van der Waals surface area contributed by atoms with Crippen LogP contribution in [0.1, 0.15) is 26.7 Å². The van der Waals surface area contributed by atoms with Crippen molar-refractivity contribution in [1.29, 1.82) is 0 Å². The highest BCUT2D eigenvalue weighted by atomic mass is 19.1. The van der Waals surface area contributed by atoms with Crippen molar-refractivity contribution < 1.29 is 19.1 Å². The predicted molar refractivity (Wildman–Crippen MR) is 65.0 cm³/mol. The maximum absolute atomic E-state index is 14.5. The van der Waals surface area contributed by atoms with E-state index in [1.807, 2.05) is 0 Å². The van der Waals surface area contributed by atoms with E-state index in [2.05, 4.69) is 5.32 Å². The molecule has 0 radical (unpaired) electrons. The van der Waals surface area contributed by atoms with Crippen LogP contribution in [-0.2, 0) is 9.59 Å². The zero-order valence-electron chi connectivity index (χ0n) is 11.1. The number of likely N-dealkylation sites (N-methyl/N-ethyl adjacent to an activating group) is 1. The average Bonchev–Trinajstić information content (AvgIpc) is 2.27. The van der Waals surface area contributed by atoms with Gasteiger partial charge in [0.05, 0.1) is 0 Å². The Balaban J connectivity index is 2.84. The Bertz CT molecular complexity index is 327. The summed E-state index contributed by atoms with van der Waals surface area (Å²) in [5, 5.41) is 12.1. The van der Waals surface area contributed by atoms with Crippen molar-refractivity contribution in [2.75, 3.05) is 20.1 Å². The third-order valence-corrected chi connectivity index (χ3v) is 3.40. The van der Waals surface area contributed by atoms with E-state index in [0.29, 0.717) is 13.1 Å². The van der Waals surface area contributed by atoms with Gasteiger partial charge in [0.25, 0.3) is 5.91 Å². The first-order chi connectivity index (χ1) is 8.29. The van der Waals surface area contributed by atoms with E-state index in [0.717, 1.165) is 4.90 Å². The van der Waals surface area contributed by atoms with E-state index in [4.69, 9.17) is 5.11 Å². The number of halogens is 1. The summed E-state index contributed by atoms with van der Waals surface area (Å²) in [5.41, 5.74) is -1.93. The van der Waals surface area contributed by atoms with Gasteiger partial charge in [0.1, 0.15) is 6.04 Å². The molecule has 6 heteroatoms. The smallest absolute Gasteiger partial charge is 0.326 e. The molecule has 1 aliphatic rings. The van der Waals surface area contributed by atoms with E-state index in [1.165, 1.54) is 7.05 Å². The molecule has 1 fully saturated rings. The van der Waals surface area contributed by atoms with E-state index >= 15 is 0 Å². The van der Waals surface area contributed by atoms with Crippen molar-refractivity contribution in [2.45, 2.75) is 38.4 Å². The third kappa shape index (κ3) is 2.98. The minimum absolute atomic E-state index is 0.0978. The highest BCUT2D eigenvalue weighted by Crippen LogP contribution is 2.27. The average molecular weight is 260 g/mol. The lowest BCUT2D eigenvalue weighted by Crippen LogP contribution is -2.55. The monoisotopic (exact) mass is 260 g/mol. The fourth-order valence-electron chi connectivity index (χ4n) is 2.38. The molecule has 104 valence electrons. The second-order valence-corrected chi connectivity index (χ2v) is 5.16. The minimum Gasteiger partial charge on any atom is -0.480 e. The van der Waals surface area contributed by atoms with E-state index < -0.39 is 23.6 Å². The molecule has 1 aliphatic heterocycles. The van der Waals surface area contributed by atoms with Gasteiger partial charge >= 0.3 is 5.97 Å². The summed E-state index contributed by atoms with van der Waals surface area (Å²) >= 11 is 0. The lowest BCUT2D eigenvalue weighted by Gasteiger charge is -2.36. The molecular formula is C12H21FN2O3. The predicted octanol–water partition coefficient (Wildman–Crippen LogP) is 0.646. The van der Waals surface area contributed by atoms with Crippen LogP contribution < -0.4 is 5.32 Å². The molecule has 1 saturated heterocycles. The third-order valence-electron chi connectivity index (χ3n) is 3.40. The number of rotatable bonds is 4. The van der Waals surface area contributed by atoms with Gasteiger partial charge in [0, 0.05) is 19.9 Å². The Labute approximate surface area is 106 Å². The largest absolute Gasteiger partial charge is 0.480 e. The molecule has 0 unspecified atom stereocenters. The van der Waals surface area contributed by atoms with Gasteiger partial charge in [0.15, 0.2) is 5.67 Å². The second kappa shape index (κ2) is 5.65. The minimum atomic E-state index is -1.93. The van der Waals surface area contributed by atoms with Gasteiger partial charge in [0.2, 0.25) is 0 Å². The van der Waals surface area contributed by atoms with E-state index in [9.17, 15) is 14.0 Å². The van der Waals surface area contributed by atoms with Crippen LogP contribution >= 0.6 is 0 Å². The van der Waals surface area contributed by atoms with Crippen LogP contribution in [0.5, 0.6) is 0 Å². The van der Waals surface area contributed by atoms with Crippen molar-refractivity contribution in [1.82, 2.24) is 10.2 Å². The summed E-state index contributed by atoms with van der Waals surface area (Å²) in [6.45, 7) is 4.29. The molecule has 5 nitrogen and oxygen atoms in total. The van der Waals surface area contributed by atoms with Gasteiger partial charge in [-0.3, -0.25) is 4.79 Å². The number of nitrogens with zero attached hydrogens (tertiary/aromatic N) is 1. The van der Waals surface area contributed by atoms with Crippen LogP contribution in [0.4, 0.5) is 4.39 Å². The molecule has 0 spiro atoms. The lowest BCUT2D eigenvalue weighted by molar-refractivity contribution is -0.157. The van der Waals surface area contributed by atoms with Crippen LogP contribution in [0.15, 0.2) is 0 Å². The van der Waals surface area contributed by atoms with Crippen LogP contribution in [-0.4, -0.2) is 53.7 Å². The maximum Gasteiger partial charge on any atom is 0.326 e. The zero-order chi connectivity index (χ0) is 13.9. The summed E-state index contributed by atoms with van der Waals surface area (Å²) in [7, 11) is 1.37. The van der Waals surface area contributed by atoms with Crippen molar-refractivity contribution in [3.8, 4) is 0 Å². The Morgan fingerprint density at radius 3 is 2.22 bits per heavy atom. The number of alkyl halides is 1. The van der Waals surface area contributed by atoms with Gasteiger partial charge in [-0.05, 0) is 19.0 Å². The highest BCUT2D eigenvalue weighted by molar-refractivity contribution is 5.89. The number of hydrogen-bond donors (Lipinski definition) is 2. The molecule has 1 amide bonds. The van der Waals surface area contributed by atoms with E-state index in [-0.39, 0.29) is 18.8 Å². The fraction of sp³-hybridized carbons (Fsp3) is 0.833. The van der Waals surface area contributed by atoms with Crippen molar-refractivity contribution in [3.05, 3.63) is 0 Å². The molecule has 2 N–H and O–H groups in total. The van der Waals surface area contributed by atoms with Crippen LogP contribution in [0.25, 0.3) is 0 Å². The number of aliphatic carboxylic acids is 1. The number of nitrogens with one attached hydrogen (secondary N) is 1. The van der Waals surface area contributed by atoms with Crippen molar-refractivity contribution in [2.24, 2.45) is 5.92 Å². The van der Waals surface area contributed by atoms with Crippen LogP contribution in [0.3, 0.4) is 0 Å². The second-order valence-electron chi connectivity index (χ2n) is 5.16. The Hall–Kier alpha value is -1.17. The first-order valence-electron chi connectivity index (χ1n) is 6.19. The topological polar surface area (TPSA) is 69.6 Å². The van der Waals surface area contributed by atoms with Gasteiger partial charge in [-0.25, -0.2) is 9.18 Å². The molecule has 0 saturated carbocycles. The zero-order valence-corrected chi connectivity index (χ0v) is 11.1. The molecule has 1 heterocycles. The summed E-state index contributed by atoms with van der Waals surface area (Å²) in [5.74, 6) is -2.08.